The Balaban J connectivity index is 1.47. The average molecular weight is 340 g/mol. The van der Waals surface area contributed by atoms with Gasteiger partial charge in [-0.3, -0.25) is 0 Å². The summed E-state index contributed by atoms with van der Waals surface area (Å²) in [7, 11) is 0. The summed E-state index contributed by atoms with van der Waals surface area (Å²) in [5.41, 5.74) is 0.992. The summed E-state index contributed by atoms with van der Waals surface area (Å²) in [6.45, 7) is 0.417. The Morgan fingerprint density at radius 1 is 0.720 bits per heavy atom. The monoisotopic (exact) mass is 340 g/mol. The van der Waals surface area contributed by atoms with E-state index < -0.39 is 0 Å². The largest absolute Gasteiger partial charge is 0.462 e. The van der Waals surface area contributed by atoms with Crippen molar-refractivity contribution in [1.29, 1.82) is 0 Å². The summed E-state index contributed by atoms with van der Waals surface area (Å²) in [6, 6.07) is 17.5. The van der Waals surface area contributed by atoms with Crippen molar-refractivity contribution < 1.29 is 24.2 Å². The summed E-state index contributed by atoms with van der Waals surface area (Å²) < 4.78 is 10.6. The van der Waals surface area contributed by atoms with Crippen molar-refractivity contribution in [2.45, 2.75) is 0 Å². The van der Waals surface area contributed by atoms with E-state index in [1.165, 1.54) is 0 Å². The van der Waals surface area contributed by atoms with E-state index in [0.717, 1.165) is 0 Å². The number of hydrogen-bond donors (Lipinski definition) is 1. The van der Waals surface area contributed by atoms with Gasteiger partial charge in [0.2, 0.25) is 0 Å². The van der Waals surface area contributed by atoms with E-state index in [0.29, 0.717) is 11.1 Å². The van der Waals surface area contributed by atoms with Gasteiger partial charge in [-0.1, -0.05) is 36.4 Å². The second-order valence-corrected chi connectivity index (χ2v) is 6.10. The molecule has 0 aromatic heterocycles. The number of ether oxygens (including phenoxy) is 2. The molecule has 2 unspecified atom stereocenters. The molecule has 2 aromatic carbocycles. The maximum Gasteiger partial charge on any atom is 0.338 e. The fourth-order valence-corrected chi connectivity index (χ4v) is 2.95. The SMILES string of the molecule is O=C(OCC1C(CO)C1COC(=O)c1ccccc1)c1ccccc1. The Labute approximate surface area is 146 Å². The summed E-state index contributed by atoms with van der Waals surface area (Å²) in [5, 5.41) is 9.43. The van der Waals surface area contributed by atoms with E-state index in [9.17, 15) is 14.7 Å². The normalized spacial score (nSPS) is 21.4. The molecule has 1 saturated carbocycles. The molecule has 0 radical (unpaired) electrons. The minimum atomic E-state index is -0.385. The molecule has 0 saturated heterocycles. The lowest BCUT2D eigenvalue weighted by Crippen LogP contribution is -2.11. The number of benzene rings is 2. The van der Waals surface area contributed by atoms with Crippen LogP contribution in [0.3, 0.4) is 0 Å². The van der Waals surface area contributed by atoms with E-state index in [-0.39, 0.29) is 49.5 Å². The highest BCUT2D eigenvalue weighted by Gasteiger charge is 2.50. The van der Waals surface area contributed by atoms with Crippen molar-refractivity contribution in [2.24, 2.45) is 17.8 Å². The van der Waals surface area contributed by atoms with Crippen LogP contribution in [0.25, 0.3) is 0 Å². The van der Waals surface area contributed by atoms with Gasteiger partial charge in [0.25, 0.3) is 0 Å². The highest BCUT2D eigenvalue weighted by molar-refractivity contribution is 5.89. The number of rotatable bonds is 7. The topological polar surface area (TPSA) is 72.8 Å². The predicted molar refractivity (Wildman–Crippen MR) is 91.0 cm³/mol. The number of aliphatic hydroxyl groups is 1. The lowest BCUT2D eigenvalue weighted by molar-refractivity contribution is 0.0419. The molecule has 2 atom stereocenters. The molecule has 0 aliphatic heterocycles. The van der Waals surface area contributed by atoms with Crippen molar-refractivity contribution in [3.8, 4) is 0 Å². The zero-order valence-corrected chi connectivity index (χ0v) is 13.7. The van der Waals surface area contributed by atoms with Crippen molar-refractivity contribution in [3.05, 3.63) is 71.8 Å². The molecule has 1 N–H and O–H groups in total. The molecule has 1 fully saturated rings. The third-order valence-electron chi connectivity index (χ3n) is 4.55. The van der Waals surface area contributed by atoms with Crippen LogP contribution in [0.15, 0.2) is 60.7 Å². The lowest BCUT2D eigenvalue weighted by atomic mass is 10.2. The molecular formula is C20H20O5. The summed E-state index contributed by atoms with van der Waals surface area (Å²) in [4.78, 5) is 23.9. The highest BCUT2D eigenvalue weighted by Crippen LogP contribution is 2.46. The third kappa shape index (κ3) is 4.25. The van der Waals surface area contributed by atoms with Crippen LogP contribution in [0, 0.1) is 17.8 Å². The number of carbonyl (C=O) groups is 2. The van der Waals surface area contributed by atoms with E-state index in [1.807, 2.05) is 12.1 Å². The van der Waals surface area contributed by atoms with Gasteiger partial charge in [-0.15, -0.1) is 0 Å². The second kappa shape index (κ2) is 7.94. The van der Waals surface area contributed by atoms with E-state index in [1.54, 1.807) is 48.5 Å². The first kappa shape index (κ1) is 17.2. The van der Waals surface area contributed by atoms with Crippen LogP contribution in [0.1, 0.15) is 20.7 Å². The summed E-state index contributed by atoms with van der Waals surface area (Å²) in [5.74, 6) is -0.747. The number of hydrogen-bond acceptors (Lipinski definition) is 5. The molecule has 0 spiro atoms. The van der Waals surface area contributed by atoms with Crippen LogP contribution >= 0.6 is 0 Å². The van der Waals surface area contributed by atoms with Gasteiger partial charge >= 0.3 is 11.9 Å². The fourth-order valence-electron chi connectivity index (χ4n) is 2.95. The summed E-state index contributed by atoms with van der Waals surface area (Å²) in [6.07, 6.45) is 0. The van der Waals surface area contributed by atoms with Crippen LogP contribution in [0.2, 0.25) is 0 Å². The zero-order chi connectivity index (χ0) is 17.6. The van der Waals surface area contributed by atoms with Gasteiger partial charge < -0.3 is 14.6 Å². The smallest absolute Gasteiger partial charge is 0.338 e. The molecule has 0 heterocycles. The van der Waals surface area contributed by atoms with Crippen LogP contribution < -0.4 is 0 Å². The van der Waals surface area contributed by atoms with Crippen LogP contribution in [0.5, 0.6) is 0 Å². The molecule has 2 aromatic rings. The molecule has 130 valence electrons. The number of esters is 2. The lowest BCUT2D eigenvalue weighted by Gasteiger charge is -2.05. The Bertz CT molecular complexity index is 652. The van der Waals surface area contributed by atoms with Gasteiger partial charge in [-0.25, -0.2) is 9.59 Å². The molecule has 5 nitrogen and oxygen atoms in total. The van der Waals surface area contributed by atoms with Crippen molar-refractivity contribution >= 4 is 11.9 Å². The Kier molecular flexibility index (Phi) is 5.46. The highest BCUT2D eigenvalue weighted by atomic mass is 16.5. The zero-order valence-electron chi connectivity index (χ0n) is 13.7. The van der Waals surface area contributed by atoms with E-state index in [4.69, 9.17) is 9.47 Å². The maximum absolute atomic E-state index is 12.0. The number of aliphatic hydroxyl groups excluding tert-OH is 1. The van der Waals surface area contributed by atoms with Gasteiger partial charge in [-0.2, -0.15) is 0 Å². The van der Waals surface area contributed by atoms with Crippen LogP contribution in [0.4, 0.5) is 0 Å². The molecule has 5 heteroatoms. The minimum absolute atomic E-state index is 0.00727. The van der Waals surface area contributed by atoms with Crippen molar-refractivity contribution in [1.82, 2.24) is 0 Å². The minimum Gasteiger partial charge on any atom is -0.462 e. The Hall–Kier alpha value is -2.66. The molecule has 0 bridgehead atoms. The van der Waals surface area contributed by atoms with Gasteiger partial charge in [0.15, 0.2) is 0 Å². The van der Waals surface area contributed by atoms with Crippen molar-refractivity contribution in [2.75, 3.05) is 19.8 Å². The first-order chi connectivity index (χ1) is 12.2. The second-order valence-electron chi connectivity index (χ2n) is 6.10. The fraction of sp³-hybridized carbons (Fsp3) is 0.300. The summed E-state index contributed by atoms with van der Waals surface area (Å²) >= 11 is 0. The predicted octanol–water partition coefficient (Wildman–Crippen LogP) is 2.55. The standard InChI is InChI=1S/C20H20O5/c21-11-16-17(12-24-19(22)14-7-3-1-4-8-14)18(16)13-25-20(23)15-9-5-2-6-10-15/h1-10,16-18,21H,11-13H2. The Morgan fingerprint density at radius 2 is 1.12 bits per heavy atom. The maximum atomic E-state index is 12.0. The molecule has 3 rings (SSSR count). The molecule has 25 heavy (non-hydrogen) atoms. The van der Waals surface area contributed by atoms with Gasteiger partial charge in [0, 0.05) is 18.4 Å². The molecule has 1 aliphatic rings. The Morgan fingerprint density at radius 3 is 1.48 bits per heavy atom. The number of carbonyl (C=O) groups excluding carboxylic acids is 2. The van der Waals surface area contributed by atoms with Crippen LogP contribution in [-0.4, -0.2) is 36.9 Å². The molecule has 1 aliphatic carbocycles. The average Bonchev–Trinajstić information content (AvgIpc) is 3.37. The molecular weight excluding hydrogens is 320 g/mol. The van der Waals surface area contributed by atoms with Crippen LogP contribution in [-0.2, 0) is 9.47 Å². The first-order valence-corrected chi connectivity index (χ1v) is 8.26. The van der Waals surface area contributed by atoms with Crippen molar-refractivity contribution in [3.63, 3.8) is 0 Å². The quantitative estimate of drug-likeness (QED) is 0.784. The third-order valence-corrected chi connectivity index (χ3v) is 4.55. The van der Waals surface area contributed by atoms with Gasteiger partial charge in [0.05, 0.1) is 24.3 Å². The van der Waals surface area contributed by atoms with Gasteiger partial charge in [0.1, 0.15) is 0 Å². The van der Waals surface area contributed by atoms with Gasteiger partial charge in [-0.05, 0) is 30.2 Å². The first-order valence-electron chi connectivity index (χ1n) is 8.26. The molecule has 0 amide bonds. The van der Waals surface area contributed by atoms with E-state index in [2.05, 4.69) is 0 Å². The van der Waals surface area contributed by atoms with E-state index >= 15 is 0 Å².